The molecule has 0 bridgehead atoms. The van der Waals surface area contributed by atoms with E-state index in [9.17, 15) is 35.4 Å². The summed E-state index contributed by atoms with van der Waals surface area (Å²) in [6.45, 7) is 0.110. The van der Waals surface area contributed by atoms with E-state index in [-0.39, 0.29) is 19.1 Å². The summed E-state index contributed by atoms with van der Waals surface area (Å²) in [4.78, 5) is 12.5. The van der Waals surface area contributed by atoms with E-state index >= 15 is 0 Å². The van der Waals surface area contributed by atoms with E-state index in [0.29, 0.717) is 38.9 Å². The molecule has 1 amide bonds. The van der Waals surface area contributed by atoms with Crippen LogP contribution in [0.1, 0.15) is 25.7 Å². The fourth-order valence-electron chi connectivity index (χ4n) is 5.52. The molecule has 252 valence electrons. The van der Waals surface area contributed by atoms with Crippen LogP contribution in [0, 0.1) is 0 Å². The summed E-state index contributed by atoms with van der Waals surface area (Å²) in [7, 11) is 0. The summed E-state index contributed by atoms with van der Waals surface area (Å²) in [5.41, 5.74) is 29.5. The highest BCUT2D eigenvalue weighted by Crippen LogP contribution is 2.31. The highest BCUT2D eigenvalue weighted by Gasteiger charge is 2.51. The third-order valence-corrected chi connectivity index (χ3v) is 8.14. The van der Waals surface area contributed by atoms with Gasteiger partial charge >= 0.3 is 0 Å². The predicted molar refractivity (Wildman–Crippen MR) is 149 cm³/mol. The third kappa shape index (κ3) is 9.42. The molecule has 0 spiro atoms. The number of hydrogen-bond acceptors (Lipinski definition) is 17. The SMILES string of the molecule is NCCC(O)CNC[C@@H]1CC[C@@H](N)[C@@H](OC2[C@@H](N)C[C@@H](NC(=O)[C@@H](O)CN)[C@H](O[C@H]3O[C@H](CO)[C@@H](O)[C@H](N)[C@H]3O)[C@H]2O)O1. The smallest absolute Gasteiger partial charge is 0.250 e. The molecule has 2 unspecified atom stereocenters. The monoisotopic (exact) mass is 625 g/mol. The quantitative estimate of drug-likeness (QED) is 0.0852. The van der Waals surface area contributed by atoms with Gasteiger partial charge in [0.15, 0.2) is 12.6 Å². The van der Waals surface area contributed by atoms with Crippen LogP contribution in [-0.4, -0.2) is 161 Å². The van der Waals surface area contributed by atoms with Crippen LogP contribution in [0.2, 0.25) is 0 Å². The molecule has 15 atom stereocenters. The number of aliphatic hydroxyl groups is 6. The number of hydrogen-bond donors (Lipinski definition) is 13. The first-order chi connectivity index (χ1) is 20.4. The molecular formula is C25H51N7O11. The van der Waals surface area contributed by atoms with Crippen molar-refractivity contribution in [3.63, 3.8) is 0 Å². The van der Waals surface area contributed by atoms with Gasteiger partial charge in [0.25, 0.3) is 0 Å². The van der Waals surface area contributed by atoms with E-state index in [2.05, 4.69) is 10.6 Å². The van der Waals surface area contributed by atoms with E-state index in [1.165, 1.54) is 0 Å². The lowest BCUT2D eigenvalue weighted by atomic mass is 9.83. The summed E-state index contributed by atoms with van der Waals surface area (Å²) in [6, 6.07) is -3.69. The highest BCUT2D eigenvalue weighted by atomic mass is 16.7. The van der Waals surface area contributed by atoms with Crippen molar-refractivity contribution in [2.75, 3.05) is 32.8 Å². The topological polar surface area (TPSA) is 330 Å². The molecule has 0 aromatic rings. The fourth-order valence-corrected chi connectivity index (χ4v) is 5.52. The molecule has 18 N–H and O–H groups in total. The van der Waals surface area contributed by atoms with Crippen molar-refractivity contribution in [1.29, 1.82) is 0 Å². The van der Waals surface area contributed by atoms with E-state index in [0.717, 1.165) is 0 Å². The first kappa shape index (κ1) is 36.3. The predicted octanol–water partition coefficient (Wildman–Crippen LogP) is -7.45. The van der Waals surface area contributed by atoms with Gasteiger partial charge < -0.3 is 88.9 Å². The Balaban J connectivity index is 1.74. The number of ether oxygens (including phenoxy) is 4. The summed E-state index contributed by atoms with van der Waals surface area (Å²) >= 11 is 0. The zero-order valence-corrected chi connectivity index (χ0v) is 24.1. The van der Waals surface area contributed by atoms with Crippen molar-refractivity contribution in [2.24, 2.45) is 28.7 Å². The minimum Gasteiger partial charge on any atom is -0.394 e. The van der Waals surface area contributed by atoms with E-state index in [1.54, 1.807) is 0 Å². The van der Waals surface area contributed by atoms with Gasteiger partial charge in [-0.25, -0.2) is 0 Å². The zero-order chi connectivity index (χ0) is 31.8. The molecule has 3 fully saturated rings. The molecule has 0 radical (unpaired) electrons. The molecule has 0 aromatic carbocycles. The summed E-state index contributed by atoms with van der Waals surface area (Å²) < 4.78 is 23.7. The van der Waals surface area contributed by atoms with Gasteiger partial charge in [-0.05, 0) is 32.2 Å². The first-order valence-corrected chi connectivity index (χ1v) is 14.7. The van der Waals surface area contributed by atoms with E-state index < -0.39 is 98.1 Å². The van der Waals surface area contributed by atoms with Crippen molar-refractivity contribution in [3.05, 3.63) is 0 Å². The van der Waals surface area contributed by atoms with Crippen LogP contribution in [0.5, 0.6) is 0 Å². The molecular weight excluding hydrogens is 574 g/mol. The van der Waals surface area contributed by atoms with Crippen molar-refractivity contribution in [1.82, 2.24) is 10.6 Å². The number of nitrogens with two attached hydrogens (primary N) is 5. The van der Waals surface area contributed by atoms with Gasteiger partial charge in [-0.1, -0.05) is 0 Å². The maximum atomic E-state index is 12.5. The van der Waals surface area contributed by atoms with E-state index in [1.807, 2.05) is 0 Å². The van der Waals surface area contributed by atoms with Crippen molar-refractivity contribution in [2.45, 2.75) is 117 Å². The van der Waals surface area contributed by atoms with Crippen LogP contribution in [0.15, 0.2) is 0 Å². The minimum atomic E-state index is -1.57. The summed E-state index contributed by atoms with van der Waals surface area (Å²) in [5.74, 6) is -0.838. The van der Waals surface area contributed by atoms with Crippen molar-refractivity contribution >= 4 is 5.91 Å². The van der Waals surface area contributed by atoms with Gasteiger partial charge in [0.2, 0.25) is 5.91 Å². The lowest BCUT2D eigenvalue weighted by molar-refractivity contribution is -0.314. The number of aliphatic hydroxyl groups excluding tert-OH is 6. The van der Waals surface area contributed by atoms with Gasteiger partial charge in [-0.3, -0.25) is 4.79 Å². The lowest BCUT2D eigenvalue weighted by Gasteiger charge is -2.48. The second-order valence-electron chi connectivity index (χ2n) is 11.5. The number of rotatable bonds is 14. The van der Waals surface area contributed by atoms with Crippen molar-refractivity contribution in [3.8, 4) is 0 Å². The average Bonchev–Trinajstić information content (AvgIpc) is 2.98. The van der Waals surface area contributed by atoms with Gasteiger partial charge in [-0.2, -0.15) is 0 Å². The summed E-state index contributed by atoms with van der Waals surface area (Å²) in [5, 5.41) is 67.5. The normalized spacial score (nSPS) is 41.9. The Labute approximate surface area is 250 Å². The lowest BCUT2D eigenvalue weighted by Crippen LogP contribution is -2.69. The highest BCUT2D eigenvalue weighted by molar-refractivity contribution is 5.81. The molecule has 43 heavy (non-hydrogen) atoms. The summed E-state index contributed by atoms with van der Waals surface area (Å²) in [6.07, 6.45) is -11.5. The molecule has 0 aromatic heterocycles. The Morgan fingerprint density at radius 3 is 2.28 bits per heavy atom. The zero-order valence-electron chi connectivity index (χ0n) is 24.1. The van der Waals surface area contributed by atoms with Crippen molar-refractivity contribution < 1.29 is 54.4 Å². The molecule has 2 heterocycles. The molecule has 18 heteroatoms. The molecule has 2 saturated heterocycles. The van der Waals surface area contributed by atoms with Gasteiger partial charge in [0.05, 0.1) is 36.9 Å². The van der Waals surface area contributed by atoms with Crippen LogP contribution < -0.4 is 39.3 Å². The van der Waals surface area contributed by atoms with Crippen LogP contribution in [0.3, 0.4) is 0 Å². The Hall–Kier alpha value is -1.17. The van der Waals surface area contributed by atoms with Crippen LogP contribution >= 0.6 is 0 Å². The van der Waals surface area contributed by atoms with Crippen LogP contribution in [-0.2, 0) is 23.7 Å². The second kappa shape index (κ2) is 16.9. The number of nitrogens with one attached hydrogen (secondary N) is 2. The molecule has 1 aliphatic carbocycles. The molecule has 1 saturated carbocycles. The van der Waals surface area contributed by atoms with E-state index in [4.69, 9.17) is 47.6 Å². The Kier molecular flexibility index (Phi) is 14.3. The van der Waals surface area contributed by atoms with Gasteiger partial charge in [0, 0.05) is 25.7 Å². The largest absolute Gasteiger partial charge is 0.394 e. The minimum absolute atomic E-state index is 0.0116. The van der Waals surface area contributed by atoms with Crippen LogP contribution in [0.25, 0.3) is 0 Å². The number of amides is 1. The molecule has 3 aliphatic rings. The van der Waals surface area contributed by atoms with Gasteiger partial charge in [0.1, 0.15) is 42.7 Å². The molecule has 18 nitrogen and oxygen atoms in total. The number of carbonyl (C=O) groups excluding carboxylic acids is 1. The Morgan fingerprint density at radius 1 is 0.930 bits per heavy atom. The van der Waals surface area contributed by atoms with Crippen LogP contribution in [0.4, 0.5) is 0 Å². The first-order valence-electron chi connectivity index (χ1n) is 14.7. The standard InChI is InChI=1S/C25H51N7O11/c26-4-3-10(34)7-31-8-11-1-2-12(28)24(40-11)42-21-13(29)5-14(32-23(39)15(35)6-27)22(20(21)38)43-25-19(37)17(30)18(36)16(9-33)41-25/h10-22,24-25,31,33-38H,1-9,26-30H2,(H,32,39)/t10?,11-,12+,13-,14+,15-,16+,17-,18+,19+,20-,21?,22-,24+,25+/m0/s1. The average molecular weight is 626 g/mol. The molecule has 3 rings (SSSR count). The van der Waals surface area contributed by atoms with Gasteiger partial charge in [-0.15, -0.1) is 0 Å². The Bertz CT molecular complexity index is 851. The maximum Gasteiger partial charge on any atom is 0.250 e. The third-order valence-electron chi connectivity index (χ3n) is 8.14. The maximum absolute atomic E-state index is 12.5. The Morgan fingerprint density at radius 2 is 1.63 bits per heavy atom. The number of carbonyl (C=O) groups is 1. The molecule has 2 aliphatic heterocycles. The second-order valence-corrected chi connectivity index (χ2v) is 11.5. The fraction of sp³-hybridized carbons (Fsp3) is 0.960.